The smallest absolute Gasteiger partial charge is 0.416 e. The Labute approximate surface area is 266 Å². The van der Waals surface area contributed by atoms with Gasteiger partial charge in [0.25, 0.3) is 5.91 Å². The number of alkyl halides is 3. The van der Waals surface area contributed by atoms with Gasteiger partial charge < -0.3 is 25.0 Å². The largest absolute Gasteiger partial charge is 0.488 e. The lowest BCUT2D eigenvalue weighted by molar-refractivity contribution is -0.137. The number of likely N-dealkylation sites (N-methyl/N-ethyl adjacent to an activating group) is 1. The Hall–Kier alpha value is -4.10. The monoisotopic (exact) mass is 661 g/mol. The standard InChI is InChI=1S/C33H38F3N3O6S/c1-4-38(5-2)32(42)30-19-27(45-26-15-11-24(12-16-26)33(34,35)36)20-39(30)25-13-7-23(8-14-25)31(41)37-29(21-40)22-9-17-28(18-10-22)46(43,44)6-3/h7-18,27,29-30,40H,4-6,19-21H2,1-3H3,(H,37,41)/t27-,29+,30+/m1/s1. The van der Waals surface area contributed by atoms with Crippen LogP contribution >= 0.6 is 0 Å². The van der Waals surface area contributed by atoms with Gasteiger partial charge in [0.15, 0.2) is 9.84 Å². The number of anilines is 1. The molecule has 4 rings (SSSR count). The molecule has 9 nitrogen and oxygen atoms in total. The third-order valence-electron chi connectivity index (χ3n) is 8.08. The quantitative estimate of drug-likeness (QED) is 0.285. The minimum Gasteiger partial charge on any atom is -0.488 e. The molecule has 0 radical (unpaired) electrons. The van der Waals surface area contributed by atoms with Crippen molar-refractivity contribution in [3.05, 3.63) is 89.5 Å². The van der Waals surface area contributed by atoms with Gasteiger partial charge in [0.2, 0.25) is 5.91 Å². The molecule has 3 aromatic carbocycles. The molecule has 1 saturated heterocycles. The highest BCUT2D eigenvalue weighted by Crippen LogP contribution is 2.33. The zero-order valence-electron chi connectivity index (χ0n) is 25.8. The van der Waals surface area contributed by atoms with E-state index in [1.165, 1.54) is 24.3 Å². The third-order valence-corrected chi connectivity index (χ3v) is 9.83. The summed E-state index contributed by atoms with van der Waals surface area (Å²) in [5.41, 5.74) is 0.719. The molecule has 1 aliphatic rings. The van der Waals surface area contributed by atoms with Gasteiger partial charge in [-0.25, -0.2) is 8.42 Å². The van der Waals surface area contributed by atoms with Crippen molar-refractivity contribution in [1.82, 2.24) is 10.2 Å². The summed E-state index contributed by atoms with van der Waals surface area (Å²) in [5, 5.41) is 12.7. The minimum absolute atomic E-state index is 0.0445. The highest BCUT2D eigenvalue weighted by Gasteiger charge is 2.40. The Morgan fingerprint density at radius 3 is 2.11 bits per heavy atom. The summed E-state index contributed by atoms with van der Waals surface area (Å²) in [5.74, 6) is -0.344. The Morgan fingerprint density at radius 2 is 1.59 bits per heavy atom. The fourth-order valence-corrected chi connectivity index (χ4v) is 6.30. The molecule has 2 amide bonds. The van der Waals surface area contributed by atoms with Gasteiger partial charge in [0, 0.05) is 30.8 Å². The maximum atomic E-state index is 13.5. The molecule has 13 heteroatoms. The van der Waals surface area contributed by atoms with E-state index in [1.807, 2.05) is 18.7 Å². The van der Waals surface area contributed by atoms with Crippen molar-refractivity contribution in [2.45, 2.75) is 56.5 Å². The number of ether oxygens (including phenoxy) is 1. The number of hydrogen-bond acceptors (Lipinski definition) is 7. The number of nitrogens with zero attached hydrogens (tertiary/aromatic N) is 2. The summed E-state index contributed by atoms with van der Waals surface area (Å²) >= 11 is 0. The minimum atomic E-state index is -4.46. The number of hydrogen-bond donors (Lipinski definition) is 2. The van der Waals surface area contributed by atoms with Gasteiger partial charge in [-0.1, -0.05) is 19.1 Å². The first kappa shape index (κ1) is 34.8. The van der Waals surface area contributed by atoms with E-state index in [1.54, 1.807) is 48.2 Å². The van der Waals surface area contributed by atoms with E-state index in [4.69, 9.17) is 4.74 Å². The molecule has 0 spiro atoms. The number of halogens is 3. The predicted molar refractivity (Wildman–Crippen MR) is 167 cm³/mol. The van der Waals surface area contributed by atoms with Gasteiger partial charge in [-0.2, -0.15) is 13.2 Å². The molecule has 1 fully saturated rings. The molecule has 0 aliphatic carbocycles. The highest BCUT2D eigenvalue weighted by atomic mass is 32.2. The first-order valence-corrected chi connectivity index (χ1v) is 16.7. The van der Waals surface area contributed by atoms with Crippen LogP contribution in [0.1, 0.15) is 54.7 Å². The second kappa shape index (κ2) is 14.5. The van der Waals surface area contributed by atoms with Crippen LogP contribution in [0, 0.1) is 0 Å². The molecule has 0 unspecified atom stereocenters. The van der Waals surface area contributed by atoms with Crippen LogP contribution in [0.3, 0.4) is 0 Å². The summed E-state index contributed by atoms with van der Waals surface area (Å²) in [4.78, 5) is 30.3. The maximum absolute atomic E-state index is 13.5. The fraction of sp³-hybridized carbons (Fsp3) is 0.394. The van der Waals surface area contributed by atoms with Crippen molar-refractivity contribution >= 4 is 27.3 Å². The van der Waals surface area contributed by atoms with Crippen molar-refractivity contribution in [3.63, 3.8) is 0 Å². The molecule has 1 heterocycles. The van der Waals surface area contributed by atoms with Crippen molar-refractivity contribution in [2.75, 3.05) is 36.9 Å². The van der Waals surface area contributed by atoms with Crippen molar-refractivity contribution in [1.29, 1.82) is 0 Å². The van der Waals surface area contributed by atoms with E-state index < -0.39 is 52.3 Å². The lowest BCUT2D eigenvalue weighted by Gasteiger charge is -2.30. The molecular weight excluding hydrogens is 623 g/mol. The average Bonchev–Trinajstić information content (AvgIpc) is 3.47. The molecule has 248 valence electrons. The fourth-order valence-electron chi connectivity index (χ4n) is 5.42. The lowest BCUT2D eigenvalue weighted by atomic mass is 10.1. The summed E-state index contributed by atoms with van der Waals surface area (Å²) < 4.78 is 69.2. The molecule has 3 atom stereocenters. The summed E-state index contributed by atoms with van der Waals surface area (Å²) in [6.45, 7) is 6.20. The molecule has 0 aromatic heterocycles. The molecule has 3 aromatic rings. The van der Waals surface area contributed by atoms with Crippen LogP contribution < -0.4 is 15.0 Å². The van der Waals surface area contributed by atoms with E-state index in [0.29, 0.717) is 42.9 Å². The van der Waals surface area contributed by atoms with Crippen LogP contribution in [0.25, 0.3) is 0 Å². The number of carbonyl (C=O) groups is 2. The molecule has 1 aliphatic heterocycles. The molecular formula is C33H38F3N3O6S. The van der Waals surface area contributed by atoms with Crippen molar-refractivity contribution < 1.29 is 41.0 Å². The number of aliphatic hydroxyl groups is 1. The number of rotatable bonds is 12. The number of nitrogens with one attached hydrogen (secondary N) is 1. The van der Waals surface area contributed by atoms with Crippen LogP contribution in [-0.4, -0.2) is 74.4 Å². The molecule has 0 saturated carbocycles. The highest BCUT2D eigenvalue weighted by molar-refractivity contribution is 7.91. The topological polar surface area (TPSA) is 116 Å². The molecule has 0 bridgehead atoms. The second-order valence-electron chi connectivity index (χ2n) is 10.9. The first-order chi connectivity index (χ1) is 21.8. The van der Waals surface area contributed by atoms with Gasteiger partial charge in [0.05, 0.1) is 35.4 Å². The predicted octanol–water partition coefficient (Wildman–Crippen LogP) is 4.86. The normalized spacial score (nSPS) is 17.4. The Bertz CT molecular complexity index is 1590. The van der Waals surface area contributed by atoms with Crippen LogP contribution in [0.5, 0.6) is 5.75 Å². The Morgan fingerprint density at radius 1 is 0.978 bits per heavy atom. The van der Waals surface area contributed by atoms with E-state index >= 15 is 0 Å². The van der Waals surface area contributed by atoms with Gasteiger partial charge >= 0.3 is 6.18 Å². The zero-order chi connectivity index (χ0) is 33.6. The van der Waals surface area contributed by atoms with Gasteiger partial charge in [0.1, 0.15) is 17.9 Å². The van der Waals surface area contributed by atoms with Crippen LogP contribution in [0.2, 0.25) is 0 Å². The summed E-state index contributed by atoms with van der Waals surface area (Å²) in [6.07, 6.45) is -4.62. The third kappa shape index (κ3) is 8.00. The van der Waals surface area contributed by atoms with E-state index in [2.05, 4.69) is 5.32 Å². The number of sulfone groups is 1. The summed E-state index contributed by atoms with van der Waals surface area (Å²) in [7, 11) is -3.39. The number of carbonyl (C=O) groups excluding carboxylic acids is 2. The first-order valence-electron chi connectivity index (χ1n) is 15.0. The zero-order valence-corrected chi connectivity index (χ0v) is 26.6. The van der Waals surface area contributed by atoms with Gasteiger partial charge in [-0.3, -0.25) is 9.59 Å². The summed E-state index contributed by atoms with van der Waals surface area (Å²) in [6, 6.07) is 15.7. The number of benzene rings is 3. The average molecular weight is 662 g/mol. The van der Waals surface area contributed by atoms with E-state index in [-0.39, 0.29) is 22.3 Å². The van der Waals surface area contributed by atoms with E-state index in [0.717, 1.165) is 12.1 Å². The second-order valence-corrected chi connectivity index (χ2v) is 13.2. The lowest BCUT2D eigenvalue weighted by Crippen LogP contribution is -2.45. The van der Waals surface area contributed by atoms with Crippen molar-refractivity contribution in [2.24, 2.45) is 0 Å². The maximum Gasteiger partial charge on any atom is 0.416 e. The Kier molecular flexibility index (Phi) is 11.0. The van der Waals surface area contributed by atoms with Crippen LogP contribution in [0.4, 0.5) is 18.9 Å². The number of aliphatic hydroxyl groups excluding tert-OH is 1. The van der Waals surface area contributed by atoms with Gasteiger partial charge in [-0.15, -0.1) is 0 Å². The van der Waals surface area contributed by atoms with Crippen molar-refractivity contribution in [3.8, 4) is 5.75 Å². The van der Waals surface area contributed by atoms with Gasteiger partial charge in [-0.05, 0) is 80.1 Å². The van der Waals surface area contributed by atoms with Crippen LogP contribution in [0.15, 0.2) is 77.7 Å². The SMILES string of the molecule is CCN(CC)C(=O)[C@@H]1C[C@@H](Oc2ccc(C(F)(F)F)cc2)CN1c1ccc(C(=O)N[C@@H](CO)c2ccc(S(=O)(=O)CC)cc2)cc1. The Balaban J connectivity index is 1.50. The molecule has 2 N–H and O–H groups in total. The van der Waals surface area contributed by atoms with E-state index in [9.17, 15) is 36.3 Å². The van der Waals surface area contributed by atoms with Crippen LogP contribution in [-0.2, 0) is 20.8 Å². The molecule has 46 heavy (non-hydrogen) atoms. The number of amides is 2.